The van der Waals surface area contributed by atoms with Crippen molar-refractivity contribution in [2.45, 2.75) is 25.9 Å². The third-order valence-electron chi connectivity index (χ3n) is 3.47. The molecule has 0 aromatic carbocycles. The average Bonchev–Trinajstić information content (AvgIpc) is 2.74. The van der Waals surface area contributed by atoms with Crippen LogP contribution in [0.1, 0.15) is 24.4 Å². The van der Waals surface area contributed by atoms with Gasteiger partial charge >= 0.3 is 5.97 Å². The second kappa shape index (κ2) is 4.41. The minimum absolute atomic E-state index is 0.000709. The molecule has 2 rings (SSSR count). The van der Waals surface area contributed by atoms with E-state index in [4.69, 9.17) is 9.52 Å². The number of nitrogens with zero attached hydrogens (tertiary/aromatic N) is 2. The largest absolute Gasteiger partial charge is 0.475 e. The minimum Gasteiger partial charge on any atom is -0.475 e. The fourth-order valence-corrected chi connectivity index (χ4v) is 2.20. The van der Waals surface area contributed by atoms with Gasteiger partial charge in [0.15, 0.2) is 5.88 Å². The Morgan fingerprint density at radius 2 is 1.94 bits per heavy atom. The molecule has 0 bridgehead atoms. The molecule has 0 aliphatic carbocycles. The number of rotatable bonds is 2. The van der Waals surface area contributed by atoms with E-state index in [1.54, 1.807) is 6.07 Å². The number of carbonyl (C=O) groups is 1. The minimum atomic E-state index is -1.02. The van der Waals surface area contributed by atoms with Crippen LogP contribution in [0.4, 0.5) is 5.88 Å². The first-order valence-corrected chi connectivity index (χ1v) is 5.79. The normalized spacial score (nSPS) is 26.2. The first-order valence-electron chi connectivity index (χ1n) is 5.79. The first-order chi connectivity index (χ1) is 7.99. The summed E-state index contributed by atoms with van der Waals surface area (Å²) in [6, 6.07) is 4.09. The highest BCUT2D eigenvalue weighted by atomic mass is 16.4. The van der Waals surface area contributed by atoms with Crippen LogP contribution in [0.3, 0.4) is 0 Å². The van der Waals surface area contributed by atoms with Gasteiger partial charge in [0.2, 0.25) is 5.76 Å². The number of anilines is 1. The summed E-state index contributed by atoms with van der Waals surface area (Å²) >= 11 is 0. The number of furan rings is 1. The fraction of sp³-hybridized carbons (Fsp3) is 0.583. The smallest absolute Gasteiger partial charge is 0.371 e. The molecule has 2 atom stereocenters. The fourth-order valence-electron chi connectivity index (χ4n) is 2.20. The second-order valence-corrected chi connectivity index (χ2v) is 4.71. The number of aromatic carboxylic acids is 1. The summed E-state index contributed by atoms with van der Waals surface area (Å²) in [6.45, 7) is 6.02. The van der Waals surface area contributed by atoms with E-state index < -0.39 is 5.97 Å². The Morgan fingerprint density at radius 1 is 1.35 bits per heavy atom. The molecule has 0 saturated carbocycles. The van der Waals surface area contributed by atoms with Crippen LogP contribution in [0.5, 0.6) is 0 Å². The molecule has 2 heterocycles. The van der Waals surface area contributed by atoms with Crippen molar-refractivity contribution in [1.82, 2.24) is 4.90 Å². The summed E-state index contributed by atoms with van der Waals surface area (Å²) in [7, 11) is 2.11. The molecule has 1 aromatic heterocycles. The van der Waals surface area contributed by atoms with Crippen molar-refractivity contribution in [3.63, 3.8) is 0 Å². The zero-order valence-electron chi connectivity index (χ0n) is 10.4. The highest BCUT2D eigenvalue weighted by molar-refractivity contribution is 5.84. The number of carboxylic acid groups (broad SMARTS) is 1. The molecular weight excluding hydrogens is 220 g/mol. The van der Waals surface area contributed by atoms with Crippen LogP contribution >= 0.6 is 0 Å². The number of piperazine rings is 1. The van der Waals surface area contributed by atoms with Crippen molar-refractivity contribution in [2.75, 3.05) is 25.0 Å². The number of hydrogen-bond acceptors (Lipinski definition) is 4. The molecule has 1 aromatic rings. The van der Waals surface area contributed by atoms with Gasteiger partial charge in [0.05, 0.1) is 0 Å². The van der Waals surface area contributed by atoms with E-state index in [0.717, 1.165) is 13.1 Å². The van der Waals surface area contributed by atoms with Gasteiger partial charge in [0, 0.05) is 31.2 Å². The van der Waals surface area contributed by atoms with Gasteiger partial charge in [-0.3, -0.25) is 4.90 Å². The predicted octanol–water partition coefficient (Wildman–Crippen LogP) is 1.51. The highest BCUT2D eigenvalue weighted by Gasteiger charge is 2.28. The lowest BCUT2D eigenvalue weighted by atomic mass is 10.1. The lowest BCUT2D eigenvalue weighted by Gasteiger charge is -2.42. The molecule has 5 nitrogen and oxygen atoms in total. The van der Waals surface area contributed by atoms with Gasteiger partial charge in [-0.1, -0.05) is 0 Å². The van der Waals surface area contributed by atoms with Crippen LogP contribution in [0.2, 0.25) is 0 Å². The molecule has 17 heavy (non-hydrogen) atoms. The predicted molar refractivity (Wildman–Crippen MR) is 64.6 cm³/mol. The van der Waals surface area contributed by atoms with Crippen molar-refractivity contribution >= 4 is 11.9 Å². The van der Waals surface area contributed by atoms with Gasteiger partial charge in [-0.2, -0.15) is 0 Å². The van der Waals surface area contributed by atoms with E-state index in [0.29, 0.717) is 18.0 Å². The molecule has 1 aliphatic heterocycles. The molecule has 94 valence electrons. The molecule has 0 radical (unpaired) electrons. The third kappa shape index (κ3) is 2.29. The van der Waals surface area contributed by atoms with E-state index in [-0.39, 0.29) is 5.76 Å². The summed E-state index contributed by atoms with van der Waals surface area (Å²) < 4.78 is 5.32. The maximum absolute atomic E-state index is 10.8. The van der Waals surface area contributed by atoms with Crippen LogP contribution in [-0.4, -0.2) is 48.2 Å². The van der Waals surface area contributed by atoms with Crippen LogP contribution in [0, 0.1) is 0 Å². The molecule has 2 unspecified atom stereocenters. The second-order valence-electron chi connectivity index (χ2n) is 4.71. The van der Waals surface area contributed by atoms with E-state index in [9.17, 15) is 4.79 Å². The SMILES string of the molecule is CC1CN(c2ccc(C(=O)O)o2)CC(C)N1C. The maximum atomic E-state index is 10.8. The molecule has 0 spiro atoms. The summed E-state index contributed by atoms with van der Waals surface area (Å²) in [5.41, 5.74) is 0. The molecule has 1 aliphatic rings. The molecular formula is C12H18N2O3. The van der Waals surface area contributed by atoms with Crippen molar-refractivity contribution < 1.29 is 14.3 Å². The van der Waals surface area contributed by atoms with Crippen LogP contribution in [0.15, 0.2) is 16.5 Å². The summed E-state index contributed by atoms with van der Waals surface area (Å²) in [6.07, 6.45) is 0. The Bertz CT molecular complexity index is 404. The Labute approximate surface area is 101 Å². The van der Waals surface area contributed by atoms with Crippen LogP contribution in [-0.2, 0) is 0 Å². The summed E-state index contributed by atoms with van der Waals surface area (Å²) in [4.78, 5) is 15.2. The molecule has 1 fully saturated rings. The van der Waals surface area contributed by atoms with Crippen molar-refractivity contribution in [1.29, 1.82) is 0 Å². The molecule has 5 heteroatoms. The highest BCUT2D eigenvalue weighted by Crippen LogP contribution is 2.23. The zero-order chi connectivity index (χ0) is 12.6. The van der Waals surface area contributed by atoms with Gasteiger partial charge in [0.25, 0.3) is 0 Å². The monoisotopic (exact) mass is 238 g/mol. The van der Waals surface area contributed by atoms with Crippen molar-refractivity contribution in [3.05, 3.63) is 17.9 Å². The first kappa shape index (κ1) is 12.0. The number of carboxylic acids is 1. The molecule has 1 N–H and O–H groups in total. The van der Waals surface area contributed by atoms with E-state index in [2.05, 4.69) is 30.7 Å². The van der Waals surface area contributed by atoms with Crippen molar-refractivity contribution in [2.24, 2.45) is 0 Å². The van der Waals surface area contributed by atoms with Crippen LogP contribution in [0.25, 0.3) is 0 Å². The van der Waals surface area contributed by atoms with Gasteiger partial charge in [-0.25, -0.2) is 4.79 Å². The standard InChI is InChI=1S/C12H18N2O3/c1-8-6-14(7-9(2)13(8)3)11-5-4-10(17-11)12(15)16/h4-5,8-9H,6-7H2,1-3H3,(H,15,16). The van der Waals surface area contributed by atoms with Gasteiger partial charge in [-0.05, 0) is 27.0 Å². The quantitative estimate of drug-likeness (QED) is 0.846. The lowest BCUT2D eigenvalue weighted by molar-refractivity contribution is 0.0662. The third-order valence-corrected chi connectivity index (χ3v) is 3.47. The topological polar surface area (TPSA) is 56.9 Å². The Kier molecular flexibility index (Phi) is 3.11. The molecule has 0 amide bonds. The zero-order valence-corrected chi connectivity index (χ0v) is 10.4. The van der Waals surface area contributed by atoms with Gasteiger partial charge < -0.3 is 14.4 Å². The summed E-state index contributed by atoms with van der Waals surface area (Å²) in [5, 5.41) is 8.82. The molecule has 1 saturated heterocycles. The van der Waals surface area contributed by atoms with Gasteiger partial charge in [0.1, 0.15) is 0 Å². The maximum Gasteiger partial charge on any atom is 0.371 e. The van der Waals surface area contributed by atoms with E-state index in [1.807, 2.05) is 0 Å². The lowest BCUT2D eigenvalue weighted by Crippen LogP contribution is -2.55. The van der Waals surface area contributed by atoms with E-state index >= 15 is 0 Å². The van der Waals surface area contributed by atoms with Crippen LogP contribution < -0.4 is 4.90 Å². The Balaban J connectivity index is 2.14. The number of hydrogen-bond donors (Lipinski definition) is 1. The summed E-state index contributed by atoms with van der Waals surface area (Å²) in [5.74, 6) is -0.375. The van der Waals surface area contributed by atoms with Gasteiger partial charge in [-0.15, -0.1) is 0 Å². The number of likely N-dealkylation sites (N-methyl/N-ethyl adjacent to an activating group) is 1. The average molecular weight is 238 g/mol. The Hall–Kier alpha value is -1.49. The Morgan fingerprint density at radius 3 is 2.41 bits per heavy atom. The van der Waals surface area contributed by atoms with Crippen molar-refractivity contribution in [3.8, 4) is 0 Å². The van der Waals surface area contributed by atoms with E-state index in [1.165, 1.54) is 6.07 Å².